The van der Waals surface area contributed by atoms with Crippen LogP contribution in [-0.2, 0) is 9.59 Å². The number of benzene rings is 1. The van der Waals surface area contributed by atoms with E-state index in [0.29, 0.717) is 36.9 Å². The molecule has 1 aromatic rings. The predicted octanol–water partition coefficient (Wildman–Crippen LogP) is 1.19. The minimum Gasteiger partial charge on any atom is -0.486 e. The maximum Gasteiger partial charge on any atom is 0.304 e. The fourth-order valence-electron chi connectivity index (χ4n) is 2.03. The van der Waals surface area contributed by atoms with Gasteiger partial charge in [0.2, 0.25) is 5.91 Å². The van der Waals surface area contributed by atoms with Crippen molar-refractivity contribution in [3.63, 3.8) is 0 Å². The molecule has 120 valence electrons. The van der Waals surface area contributed by atoms with Crippen LogP contribution in [0.3, 0.4) is 0 Å². The van der Waals surface area contributed by atoms with E-state index in [9.17, 15) is 9.59 Å². The van der Waals surface area contributed by atoms with Crippen molar-refractivity contribution in [1.29, 1.82) is 0 Å². The van der Waals surface area contributed by atoms with Crippen LogP contribution in [0.4, 0.5) is 5.69 Å². The third-order valence-corrected chi connectivity index (χ3v) is 3.53. The van der Waals surface area contributed by atoms with Crippen LogP contribution in [-0.4, -0.2) is 54.7 Å². The SMILES string of the molecule is CC(C(=O)Nc1ccc2c(c1)OCCO2)N(C)CCC(=O)O. The van der Waals surface area contributed by atoms with E-state index in [1.54, 1.807) is 37.1 Å². The van der Waals surface area contributed by atoms with Gasteiger partial charge in [-0.25, -0.2) is 0 Å². The van der Waals surface area contributed by atoms with E-state index in [1.807, 2.05) is 0 Å². The number of hydrogen-bond acceptors (Lipinski definition) is 5. The predicted molar refractivity (Wildman–Crippen MR) is 80.4 cm³/mol. The van der Waals surface area contributed by atoms with Gasteiger partial charge in [0.15, 0.2) is 11.5 Å². The third kappa shape index (κ3) is 4.11. The number of carbonyl (C=O) groups excluding carboxylic acids is 1. The van der Waals surface area contributed by atoms with Gasteiger partial charge in [0, 0.05) is 18.3 Å². The van der Waals surface area contributed by atoms with Crippen LogP contribution >= 0.6 is 0 Å². The van der Waals surface area contributed by atoms with Gasteiger partial charge in [-0.1, -0.05) is 0 Å². The Hall–Kier alpha value is -2.28. The molecule has 0 radical (unpaired) electrons. The van der Waals surface area contributed by atoms with Crippen LogP contribution in [0.15, 0.2) is 18.2 Å². The van der Waals surface area contributed by atoms with Crippen LogP contribution in [0.5, 0.6) is 11.5 Å². The molecule has 0 aliphatic carbocycles. The summed E-state index contributed by atoms with van der Waals surface area (Å²) in [6, 6.07) is 4.78. The highest BCUT2D eigenvalue weighted by Gasteiger charge is 2.19. The Kier molecular flexibility index (Phi) is 5.21. The summed E-state index contributed by atoms with van der Waals surface area (Å²) >= 11 is 0. The molecule has 1 aliphatic heterocycles. The molecule has 2 rings (SSSR count). The molecule has 1 unspecified atom stereocenters. The highest BCUT2D eigenvalue weighted by Crippen LogP contribution is 2.32. The first-order valence-electron chi connectivity index (χ1n) is 7.10. The Balaban J connectivity index is 1.94. The molecule has 1 aromatic carbocycles. The molecule has 0 saturated carbocycles. The fraction of sp³-hybridized carbons (Fsp3) is 0.467. The monoisotopic (exact) mass is 308 g/mol. The first kappa shape index (κ1) is 16.1. The number of aliphatic carboxylic acids is 1. The zero-order valence-electron chi connectivity index (χ0n) is 12.7. The molecule has 0 aromatic heterocycles. The van der Waals surface area contributed by atoms with Crippen molar-refractivity contribution in [3.05, 3.63) is 18.2 Å². The molecule has 0 fully saturated rings. The second kappa shape index (κ2) is 7.13. The van der Waals surface area contributed by atoms with Crippen LogP contribution < -0.4 is 14.8 Å². The van der Waals surface area contributed by atoms with Gasteiger partial charge in [0.05, 0.1) is 12.5 Å². The fourth-order valence-corrected chi connectivity index (χ4v) is 2.03. The van der Waals surface area contributed by atoms with E-state index in [0.717, 1.165) is 0 Å². The molecular weight excluding hydrogens is 288 g/mol. The Labute approximate surface area is 128 Å². The van der Waals surface area contributed by atoms with Crippen LogP contribution in [0.2, 0.25) is 0 Å². The zero-order chi connectivity index (χ0) is 16.1. The molecule has 0 saturated heterocycles. The number of anilines is 1. The number of carboxylic acids is 1. The van der Waals surface area contributed by atoms with Crippen LogP contribution in [0, 0.1) is 0 Å². The topological polar surface area (TPSA) is 88.1 Å². The van der Waals surface area contributed by atoms with Gasteiger partial charge in [-0.2, -0.15) is 0 Å². The number of hydrogen-bond donors (Lipinski definition) is 2. The summed E-state index contributed by atoms with van der Waals surface area (Å²) in [6.45, 7) is 3.04. The summed E-state index contributed by atoms with van der Waals surface area (Å²) in [5, 5.41) is 11.5. The van der Waals surface area contributed by atoms with Crippen LogP contribution in [0.25, 0.3) is 0 Å². The normalized spacial score (nSPS) is 14.5. The average molecular weight is 308 g/mol. The lowest BCUT2D eigenvalue weighted by Crippen LogP contribution is -2.40. The highest BCUT2D eigenvalue weighted by molar-refractivity contribution is 5.94. The molecule has 1 amide bonds. The number of fused-ring (bicyclic) bond motifs is 1. The first-order chi connectivity index (χ1) is 10.5. The second-order valence-corrected chi connectivity index (χ2v) is 5.15. The Bertz CT molecular complexity index is 561. The van der Waals surface area contributed by atoms with Gasteiger partial charge >= 0.3 is 5.97 Å². The summed E-state index contributed by atoms with van der Waals surface area (Å²) in [6.07, 6.45) is -0.00184. The standard InChI is InChI=1S/C15H20N2O5/c1-10(17(2)6-5-14(18)19)15(20)16-11-3-4-12-13(9-11)22-8-7-21-12/h3-4,9-10H,5-8H2,1-2H3,(H,16,20)(H,18,19). The van der Waals surface area contributed by atoms with Crippen molar-refractivity contribution in [3.8, 4) is 11.5 Å². The summed E-state index contributed by atoms with van der Waals surface area (Å²) in [4.78, 5) is 24.5. The largest absolute Gasteiger partial charge is 0.486 e. The summed E-state index contributed by atoms with van der Waals surface area (Å²) < 4.78 is 10.9. The molecule has 2 N–H and O–H groups in total. The van der Waals surface area contributed by atoms with Crippen molar-refractivity contribution in [1.82, 2.24) is 4.90 Å². The zero-order valence-corrected chi connectivity index (χ0v) is 12.7. The minimum atomic E-state index is -0.883. The van der Waals surface area contributed by atoms with E-state index < -0.39 is 12.0 Å². The van der Waals surface area contributed by atoms with Gasteiger partial charge in [-0.3, -0.25) is 14.5 Å². The number of rotatable bonds is 6. The summed E-state index contributed by atoms with van der Waals surface area (Å²) in [5.74, 6) is 0.183. The maximum absolute atomic E-state index is 12.2. The Morgan fingerprint density at radius 2 is 2.00 bits per heavy atom. The van der Waals surface area contributed by atoms with Crippen molar-refractivity contribution >= 4 is 17.6 Å². The quantitative estimate of drug-likeness (QED) is 0.821. The van der Waals surface area contributed by atoms with E-state index in [-0.39, 0.29) is 12.3 Å². The molecule has 7 heteroatoms. The van der Waals surface area contributed by atoms with Crippen molar-refractivity contribution < 1.29 is 24.2 Å². The molecule has 1 atom stereocenters. The lowest BCUT2D eigenvalue weighted by Gasteiger charge is -2.23. The molecule has 1 heterocycles. The number of likely N-dealkylation sites (N-methyl/N-ethyl adjacent to an activating group) is 1. The number of carboxylic acid groups (broad SMARTS) is 1. The van der Waals surface area contributed by atoms with Gasteiger partial charge in [0.1, 0.15) is 13.2 Å². The second-order valence-electron chi connectivity index (χ2n) is 5.15. The maximum atomic E-state index is 12.2. The van der Waals surface area contributed by atoms with Gasteiger partial charge < -0.3 is 19.9 Å². The number of nitrogens with one attached hydrogen (secondary N) is 1. The minimum absolute atomic E-state index is 0.00184. The highest BCUT2D eigenvalue weighted by atomic mass is 16.6. The summed E-state index contributed by atoms with van der Waals surface area (Å²) in [5.41, 5.74) is 0.618. The molecule has 0 bridgehead atoms. The van der Waals surface area contributed by atoms with E-state index >= 15 is 0 Å². The van der Waals surface area contributed by atoms with Gasteiger partial charge in [-0.05, 0) is 26.1 Å². The number of ether oxygens (including phenoxy) is 2. The van der Waals surface area contributed by atoms with Crippen LogP contribution in [0.1, 0.15) is 13.3 Å². The van der Waals surface area contributed by atoms with E-state index in [1.165, 1.54) is 0 Å². The number of nitrogens with zero attached hydrogens (tertiary/aromatic N) is 1. The lowest BCUT2D eigenvalue weighted by atomic mass is 10.2. The van der Waals surface area contributed by atoms with Gasteiger partial charge in [-0.15, -0.1) is 0 Å². The van der Waals surface area contributed by atoms with Gasteiger partial charge in [0.25, 0.3) is 0 Å². The smallest absolute Gasteiger partial charge is 0.304 e. The Morgan fingerprint density at radius 3 is 2.68 bits per heavy atom. The lowest BCUT2D eigenvalue weighted by molar-refractivity contribution is -0.137. The summed E-state index contributed by atoms with van der Waals surface area (Å²) in [7, 11) is 1.72. The molecule has 1 aliphatic rings. The van der Waals surface area contributed by atoms with Crippen molar-refractivity contribution in [2.75, 3.05) is 32.1 Å². The van der Waals surface area contributed by atoms with Crippen molar-refractivity contribution in [2.45, 2.75) is 19.4 Å². The number of amides is 1. The molecule has 22 heavy (non-hydrogen) atoms. The third-order valence-electron chi connectivity index (χ3n) is 3.53. The Morgan fingerprint density at radius 1 is 1.32 bits per heavy atom. The van der Waals surface area contributed by atoms with E-state index in [4.69, 9.17) is 14.6 Å². The first-order valence-corrected chi connectivity index (χ1v) is 7.10. The number of carbonyl (C=O) groups is 2. The average Bonchev–Trinajstić information content (AvgIpc) is 2.51. The van der Waals surface area contributed by atoms with Crippen molar-refractivity contribution in [2.24, 2.45) is 0 Å². The molecule has 7 nitrogen and oxygen atoms in total. The van der Waals surface area contributed by atoms with E-state index in [2.05, 4.69) is 5.32 Å². The molecule has 0 spiro atoms. The molecular formula is C15H20N2O5.